The van der Waals surface area contributed by atoms with Crippen molar-refractivity contribution in [2.75, 3.05) is 19.6 Å². The van der Waals surface area contributed by atoms with Gasteiger partial charge >= 0.3 is 0 Å². The fourth-order valence-electron chi connectivity index (χ4n) is 2.73. The van der Waals surface area contributed by atoms with E-state index in [9.17, 15) is 0 Å². The average Bonchev–Trinajstić information content (AvgIpc) is 2.47. The molecular formula is C10H22N2. The molecule has 0 bridgehead atoms. The molecule has 2 heterocycles. The second-order valence-corrected chi connectivity index (χ2v) is 4.48. The number of hydrogen-bond donors (Lipinski definition) is 1. The zero-order chi connectivity index (χ0) is 8.55. The average molecular weight is 170 g/mol. The van der Waals surface area contributed by atoms with E-state index in [1.54, 1.807) is 0 Å². The van der Waals surface area contributed by atoms with Crippen LogP contribution in [0.1, 0.15) is 28.1 Å². The number of nitrogens with one attached hydrogen (secondary N) is 1. The van der Waals surface area contributed by atoms with Crippen LogP contribution in [0.5, 0.6) is 0 Å². The third kappa shape index (κ3) is 1.38. The normalized spacial score (nSPS) is 37.2. The molecule has 2 heteroatoms. The topological polar surface area (TPSA) is 15.3 Å². The molecule has 2 fully saturated rings. The first kappa shape index (κ1) is 8.52. The summed E-state index contributed by atoms with van der Waals surface area (Å²) in [5.41, 5.74) is 0. The van der Waals surface area contributed by atoms with E-state index in [0.29, 0.717) is 0 Å². The minimum Gasteiger partial charge on any atom is -0.314 e. The monoisotopic (exact) mass is 170 g/mol. The van der Waals surface area contributed by atoms with Crippen LogP contribution in [-0.2, 0) is 0 Å². The number of hydrogen-bond acceptors (Lipinski definition) is 2. The van der Waals surface area contributed by atoms with E-state index in [2.05, 4.69) is 24.1 Å². The van der Waals surface area contributed by atoms with Gasteiger partial charge in [0.05, 0.1) is 0 Å². The van der Waals surface area contributed by atoms with Gasteiger partial charge in [-0.3, -0.25) is 4.90 Å². The van der Waals surface area contributed by atoms with Crippen LogP contribution in [0.4, 0.5) is 0 Å². The van der Waals surface area contributed by atoms with Crippen LogP contribution in [0, 0.1) is 5.92 Å². The van der Waals surface area contributed by atoms with E-state index in [-0.39, 0.29) is 1.43 Å². The van der Waals surface area contributed by atoms with Crippen LogP contribution in [0.3, 0.4) is 0 Å². The van der Waals surface area contributed by atoms with Crippen molar-refractivity contribution in [3.63, 3.8) is 0 Å². The van der Waals surface area contributed by atoms with Gasteiger partial charge in [0.1, 0.15) is 0 Å². The molecule has 2 nitrogen and oxygen atoms in total. The van der Waals surface area contributed by atoms with Crippen molar-refractivity contribution in [1.29, 1.82) is 0 Å². The Morgan fingerprint density at radius 2 is 2.25 bits per heavy atom. The van der Waals surface area contributed by atoms with Gasteiger partial charge in [0, 0.05) is 33.1 Å². The molecule has 2 saturated heterocycles. The smallest absolute Gasteiger partial charge is 0.0224 e. The second kappa shape index (κ2) is 3.35. The first-order valence-electron chi connectivity index (χ1n) is 5.25. The summed E-state index contributed by atoms with van der Waals surface area (Å²) in [6.07, 6.45) is 2.83. The summed E-state index contributed by atoms with van der Waals surface area (Å²) in [6, 6.07) is 1.73. The summed E-state index contributed by atoms with van der Waals surface area (Å²) < 4.78 is 0. The summed E-state index contributed by atoms with van der Waals surface area (Å²) in [4.78, 5) is 2.72. The highest BCUT2D eigenvalue weighted by molar-refractivity contribution is 4.92. The minimum atomic E-state index is 0. The zero-order valence-electron chi connectivity index (χ0n) is 8.21. The Kier molecular flexibility index (Phi) is 2.37. The fraction of sp³-hybridized carbons (Fsp3) is 1.00. The Balaban J connectivity index is 0.000000845. The largest absolute Gasteiger partial charge is 0.314 e. The Morgan fingerprint density at radius 1 is 1.42 bits per heavy atom. The Morgan fingerprint density at radius 3 is 3.00 bits per heavy atom. The molecule has 0 spiro atoms. The molecule has 2 unspecified atom stereocenters. The lowest BCUT2D eigenvalue weighted by atomic mass is 10.0. The highest BCUT2D eigenvalue weighted by Crippen LogP contribution is 2.29. The first-order valence-corrected chi connectivity index (χ1v) is 5.25. The third-order valence-electron chi connectivity index (χ3n) is 3.39. The van der Waals surface area contributed by atoms with E-state index < -0.39 is 0 Å². The number of piperazine rings is 1. The van der Waals surface area contributed by atoms with E-state index in [4.69, 9.17) is 0 Å². The molecule has 0 amide bonds. The Hall–Kier alpha value is -0.0800. The van der Waals surface area contributed by atoms with Gasteiger partial charge in [-0.25, -0.2) is 0 Å². The molecule has 12 heavy (non-hydrogen) atoms. The molecule has 0 aromatic rings. The van der Waals surface area contributed by atoms with E-state index in [0.717, 1.165) is 18.0 Å². The molecule has 2 aliphatic rings. The van der Waals surface area contributed by atoms with Gasteiger partial charge in [0.15, 0.2) is 0 Å². The molecule has 1 N–H and O–H groups in total. The molecule has 0 aliphatic carbocycles. The van der Waals surface area contributed by atoms with Crippen LogP contribution in [-0.4, -0.2) is 36.6 Å². The molecule has 72 valence electrons. The van der Waals surface area contributed by atoms with Gasteiger partial charge in [-0.1, -0.05) is 13.8 Å². The lowest BCUT2D eigenvalue weighted by Crippen LogP contribution is -2.51. The Bertz CT molecular complexity index is 161. The fourth-order valence-corrected chi connectivity index (χ4v) is 2.73. The minimum absolute atomic E-state index is 0. The third-order valence-corrected chi connectivity index (χ3v) is 3.39. The second-order valence-electron chi connectivity index (χ2n) is 4.48. The predicted octanol–water partition coefficient (Wildman–Crippen LogP) is 1.32. The molecule has 2 aliphatic heterocycles. The summed E-state index contributed by atoms with van der Waals surface area (Å²) in [6.45, 7) is 8.40. The van der Waals surface area contributed by atoms with E-state index in [1.165, 1.54) is 32.5 Å². The van der Waals surface area contributed by atoms with Crippen LogP contribution in [0.2, 0.25) is 0 Å². The molecule has 0 radical (unpaired) electrons. The molecule has 0 aromatic carbocycles. The summed E-state index contributed by atoms with van der Waals surface area (Å²) >= 11 is 0. The first-order chi connectivity index (χ1) is 5.79. The summed E-state index contributed by atoms with van der Waals surface area (Å²) in [7, 11) is 0. The van der Waals surface area contributed by atoms with Crippen molar-refractivity contribution in [3.8, 4) is 0 Å². The van der Waals surface area contributed by atoms with Crippen molar-refractivity contribution in [3.05, 3.63) is 0 Å². The van der Waals surface area contributed by atoms with Crippen molar-refractivity contribution < 1.29 is 1.43 Å². The standard InChI is InChI=1S/C10H20N2.H2/c1-8(2)10-4-3-9-7-11-5-6-12(9)10;/h8-11H,3-7H2,1-2H3;1H. The quantitative estimate of drug-likeness (QED) is 0.638. The maximum Gasteiger partial charge on any atom is 0.0224 e. The van der Waals surface area contributed by atoms with Crippen molar-refractivity contribution >= 4 is 0 Å². The molecule has 2 rings (SSSR count). The highest BCUT2D eigenvalue weighted by atomic mass is 15.3. The van der Waals surface area contributed by atoms with Crippen molar-refractivity contribution in [1.82, 2.24) is 10.2 Å². The number of fused-ring (bicyclic) bond motifs is 1. The lowest BCUT2D eigenvalue weighted by Gasteiger charge is -2.36. The molecule has 0 aromatic heterocycles. The lowest BCUT2D eigenvalue weighted by molar-refractivity contribution is 0.134. The Labute approximate surface area is 76.8 Å². The van der Waals surface area contributed by atoms with Gasteiger partial charge < -0.3 is 5.32 Å². The summed E-state index contributed by atoms with van der Waals surface area (Å²) in [5.74, 6) is 0.841. The van der Waals surface area contributed by atoms with Gasteiger partial charge in [0.25, 0.3) is 0 Å². The van der Waals surface area contributed by atoms with E-state index in [1.807, 2.05) is 0 Å². The van der Waals surface area contributed by atoms with E-state index >= 15 is 0 Å². The van der Waals surface area contributed by atoms with Crippen molar-refractivity contribution in [2.45, 2.75) is 38.8 Å². The molecule has 0 saturated carbocycles. The molecule has 2 atom stereocenters. The van der Waals surface area contributed by atoms with Crippen LogP contribution >= 0.6 is 0 Å². The predicted molar refractivity (Wildman–Crippen MR) is 53.3 cm³/mol. The number of nitrogens with zero attached hydrogens (tertiary/aromatic N) is 1. The molecular weight excluding hydrogens is 148 g/mol. The van der Waals surface area contributed by atoms with Gasteiger partial charge in [-0.15, -0.1) is 0 Å². The van der Waals surface area contributed by atoms with Gasteiger partial charge in [0.2, 0.25) is 0 Å². The summed E-state index contributed by atoms with van der Waals surface area (Å²) in [5, 5.41) is 3.47. The maximum atomic E-state index is 3.47. The van der Waals surface area contributed by atoms with Crippen LogP contribution in [0.15, 0.2) is 0 Å². The van der Waals surface area contributed by atoms with Crippen molar-refractivity contribution in [2.24, 2.45) is 5.92 Å². The highest BCUT2D eigenvalue weighted by Gasteiger charge is 2.35. The van der Waals surface area contributed by atoms with Crippen LogP contribution < -0.4 is 5.32 Å². The van der Waals surface area contributed by atoms with Crippen LogP contribution in [0.25, 0.3) is 0 Å². The van der Waals surface area contributed by atoms with Gasteiger partial charge in [-0.2, -0.15) is 0 Å². The van der Waals surface area contributed by atoms with Gasteiger partial charge in [-0.05, 0) is 18.8 Å². The zero-order valence-corrected chi connectivity index (χ0v) is 8.21. The maximum absolute atomic E-state index is 3.47. The SMILES string of the molecule is CC(C)C1CCC2CNCCN21.[HH]. The number of rotatable bonds is 1.